The average molecular weight is 485 g/mol. The molecule has 2 heterocycles. The van der Waals surface area contributed by atoms with Crippen molar-refractivity contribution in [2.24, 2.45) is 51.2 Å². The zero-order chi connectivity index (χ0) is 25.3. The Kier molecular flexibility index (Phi) is 4.76. The molecule has 194 valence electrons. The van der Waals surface area contributed by atoms with Gasteiger partial charge in [-0.25, -0.2) is 0 Å². The summed E-state index contributed by atoms with van der Waals surface area (Å²) < 4.78 is 13.0. The van der Waals surface area contributed by atoms with Crippen LogP contribution in [0.3, 0.4) is 0 Å². The molecule has 6 rings (SSSR count). The molecule has 4 saturated carbocycles. The van der Waals surface area contributed by atoms with Crippen LogP contribution in [0.5, 0.6) is 0 Å². The van der Waals surface area contributed by atoms with Gasteiger partial charge in [-0.05, 0) is 100 Å². The Labute approximate surface area is 210 Å². The van der Waals surface area contributed by atoms with Crippen LogP contribution in [-0.4, -0.2) is 34.9 Å². The number of carboxylic acids is 1. The maximum absolute atomic E-state index is 13.2. The number of esters is 1. The van der Waals surface area contributed by atoms with Crippen molar-refractivity contribution in [3.8, 4) is 0 Å². The maximum atomic E-state index is 13.2. The fourth-order valence-corrected chi connectivity index (χ4v) is 11.7. The van der Waals surface area contributed by atoms with E-state index in [0.29, 0.717) is 12.3 Å². The minimum atomic E-state index is -0.673. The number of rotatable bonds is 2. The van der Waals surface area contributed by atoms with Gasteiger partial charge in [0.2, 0.25) is 0 Å². The normalized spacial score (nSPS) is 55.7. The smallest absolute Gasteiger partial charge is 0.309 e. The van der Waals surface area contributed by atoms with Crippen LogP contribution < -0.4 is 0 Å². The number of carboxylic acid groups (broad SMARTS) is 1. The molecule has 2 aliphatic heterocycles. The van der Waals surface area contributed by atoms with Gasteiger partial charge in [0.25, 0.3) is 0 Å². The molecule has 0 aromatic rings. The molecule has 11 atom stereocenters. The summed E-state index contributed by atoms with van der Waals surface area (Å²) in [6.07, 6.45) is 6.35. The summed E-state index contributed by atoms with van der Waals surface area (Å²) in [4.78, 5) is 26.0. The van der Waals surface area contributed by atoms with Crippen molar-refractivity contribution in [1.29, 1.82) is 0 Å². The topological polar surface area (TPSA) is 72.8 Å². The molecule has 0 radical (unpaired) electrons. The van der Waals surface area contributed by atoms with Gasteiger partial charge in [0.1, 0.15) is 6.10 Å². The maximum Gasteiger partial charge on any atom is 0.309 e. The highest BCUT2D eigenvalue weighted by atomic mass is 16.6. The predicted octanol–water partition coefficient (Wildman–Crippen LogP) is 6.01. The Hall–Kier alpha value is -1.36. The lowest BCUT2D eigenvalue weighted by atomic mass is 9.33. The average Bonchev–Trinajstić information content (AvgIpc) is 3.20. The highest BCUT2D eigenvalue weighted by Crippen LogP contribution is 2.78. The molecule has 5 heteroatoms. The molecule has 0 aromatic carbocycles. The van der Waals surface area contributed by atoms with Crippen LogP contribution in [0.4, 0.5) is 0 Å². The third-order valence-electron chi connectivity index (χ3n) is 13.2. The fraction of sp³-hybridized carbons (Fsp3) is 0.867. The Morgan fingerprint density at radius 2 is 1.74 bits per heavy atom. The van der Waals surface area contributed by atoms with Gasteiger partial charge < -0.3 is 14.6 Å². The molecular formula is C30H44O5. The van der Waals surface area contributed by atoms with E-state index in [9.17, 15) is 14.7 Å². The van der Waals surface area contributed by atoms with Crippen molar-refractivity contribution in [2.75, 3.05) is 0 Å². The molecule has 0 bridgehead atoms. The number of allylic oxidation sites excluding steroid dienone is 1. The third kappa shape index (κ3) is 2.64. The summed E-state index contributed by atoms with van der Waals surface area (Å²) in [6, 6.07) is 0. The van der Waals surface area contributed by atoms with E-state index < -0.39 is 11.4 Å². The molecule has 5 nitrogen and oxygen atoms in total. The summed E-state index contributed by atoms with van der Waals surface area (Å²) in [7, 11) is 0. The number of aliphatic carboxylic acids is 1. The van der Waals surface area contributed by atoms with Gasteiger partial charge in [0.05, 0.1) is 23.5 Å². The lowest BCUT2D eigenvalue weighted by Gasteiger charge is -2.71. The molecule has 35 heavy (non-hydrogen) atoms. The number of hydrogen-bond acceptors (Lipinski definition) is 4. The van der Waals surface area contributed by atoms with Gasteiger partial charge in [0.15, 0.2) is 0 Å². The van der Waals surface area contributed by atoms with Crippen molar-refractivity contribution in [1.82, 2.24) is 0 Å². The fourth-order valence-electron chi connectivity index (χ4n) is 11.7. The zero-order valence-corrected chi connectivity index (χ0v) is 22.5. The van der Waals surface area contributed by atoms with Crippen molar-refractivity contribution in [3.63, 3.8) is 0 Å². The highest BCUT2D eigenvalue weighted by molar-refractivity contribution is 5.76. The number of carbonyl (C=O) groups excluding carboxylic acids is 1. The number of carbonyl (C=O) groups is 2. The Morgan fingerprint density at radius 1 is 1.03 bits per heavy atom. The first kappa shape index (κ1) is 24.0. The molecule has 0 amide bonds. The first-order chi connectivity index (χ1) is 16.2. The SMILES string of the molecule is C=C(C)[C@@H]1CC[C@]2(C(=O)O)CC[C@]3(C)[C@H](C[C@H]4OC(=O)C[C@H]5OC(C)(C)[C@@H]6CC[C@]3(C)[C@H]4[C@@]56C)[C@@H]12. The second-order valence-electron chi connectivity index (χ2n) is 14.5. The molecule has 1 N–H and O–H groups in total. The zero-order valence-electron chi connectivity index (χ0n) is 22.5. The van der Waals surface area contributed by atoms with Gasteiger partial charge in [0, 0.05) is 11.3 Å². The quantitative estimate of drug-likeness (QED) is 0.384. The van der Waals surface area contributed by atoms with E-state index in [2.05, 4.69) is 48.1 Å². The first-order valence-electron chi connectivity index (χ1n) is 14.0. The first-order valence-corrected chi connectivity index (χ1v) is 14.0. The van der Waals surface area contributed by atoms with Crippen LogP contribution >= 0.6 is 0 Å². The van der Waals surface area contributed by atoms with Crippen LogP contribution in [0.1, 0.15) is 92.9 Å². The van der Waals surface area contributed by atoms with Crippen molar-refractivity contribution >= 4 is 11.9 Å². The van der Waals surface area contributed by atoms with Gasteiger partial charge in [-0.1, -0.05) is 32.9 Å². The van der Waals surface area contributed by atoms with E-state index in [-0.39, 0.29) is 63.7 Å². The number of ether oxygens (including phenoxy) is 2. The van der Waals surface area contributed by atoms with E-state index in [0.717, 1.165) is 50.5 Å². The Bertz CT molecular complexity index is 1000. The Morgan fingerprint density at radius 3 is 2.40 bits per heavy atom. The monoisotopic (exact) mass is 484 g/mol. The minimum absolute atomic E-state index is 0.00215. The van der Waals surface area contributed by atoms with Crippen LogP contribution in [0.15, 0.2) is 12.2 Å². The lowest BCUT2D eigenvalue weighted by Crippen LogP contribution is -2.69. The van der Waals surface area contributed by atoms with Crippen LogP contribution in [0.25, 0.3) is 0 Å². The second kappa shape index (κ2) is 6.94. The molecule has 4 aliphatic carbocycles. The van der Waals surface area contributed by atoms with Crippen LogP contribution in [0, 0.1) is 51.2 Å². The second-order valence-corrected chi connectivity index (χ2v) is 14.5. The summed E-state index contributed by atoms with van der Waals surface area (Å²) in [5, 5.41) is 10.6. The summed E-state index contributed by atoms with van der Waals surface area (Å²) in [5.74, 6) is 0.366. The van der Waals surface area contributed by atoms with E-state index >= 15 is 0 Å². The standard InChI is InChI=1S/C30H44O5/c1-16(2)17-8-11-30(25(32)33)13-12-27(5)18(23(17)30)14-19-24-28(27,6)10-9-20-26(3,4)35-21(29(20,24)7)15-22(31)34-19/h17-21,23-24H,1,8-15H2,2-7H3,(H,32,33)/t17-,18+,19+,20-,21+,23+,24-,27+,28+,29+,30-/m0/s1. The van der Waals surface area contributed by atoms with Gasteiger partial charge in [-0.15, -0.1) is 0 Å². The summed E-state index contributed by atoms with van der Waals surface area (Å²) in [6.45, 7) is 18.2. The molecule has 0 unspecified atom stereocenters. The van der Waals surface area contributed by atoms with Crippen molar-refractivity contribution in [3.05, 3.63) is 12.2 Å². The lowest BCUT2D eigenvalue weighted by molar-refractivity contribution is -0.252. The third-order valence-corrected chi connectivity index (χ3v) is 13.2. The minimum Gasteiger partial charge on any atom is -0.481 e. The molecule has 6 fully saturated rings. The molecule has 0 spiro atoms. The van der Waals surface area contributed by atoms with E-state index in [4.69, 9.17) is 9.47 Å². The summed E-state index contributed by atoms with van der Waals surface area (Å²) in [5.41, 5.74) is 0.0415. The molecule has 2 saturated heterocycles. The number of fused-ring (bicyclic) bond motifs is 4. The van der Waals surface area contributed by atoms with Gasteiger partial charge >= 0.3 is 11.9 Å². The largest absolute Gasteiger partial charge is 0.481 e. The van der Waals surface area contributed by atoms with E-state index in [1.807, 2.05) is 0 Å². The van der Waals surface area contributed by atoms with Crippen LogP contribution in [-0.2, 0) is 19.1 Å². The van der Waals surface area contributed by atoms with Crippen molar-refractivity contribution < 1.29 is 24.2 Å². The number of hydrogen-bond donors (Lipinski definition) is 1. The van der Waals surface area contributed by atoms with E-state index in [1.165, 1.54) is 0 Å². The predicted molar refractivity (Wildman–Crippen MR) is 132 cm³/mol. The van der Waals surface area contributed by atoms with Gasteiger partial charge in [-0.3, -0.25) is 9.59 Å². The summed E-state index contributed by atoms with van der Waals surface area (Å²) >= 11 is 0. The molecule has 0 aromatic heterocycles. The molecule has 6 aliphatic rings. The van der Waals surface area contributed by atoms with E-state index in [1.54, 1.807) is 0 Å². The Balaban J connectivity index is 1.52. The van der Waals surface area contributed by atoms with Crippen molar-refractivity contribution in [2.45, 2.75) is 111 Å². The van der Waals surface area contributed by atoms with Crippen LogP contribution in [0.2, 0.25) is 0 Å². The van der Waals surface area contributed by atoms with Gasteiger partial charge in [-0.2, -0.15) is 0 Å². The highest BCUT2D eigenvalue weighted by Gasteiger charge is 2.77. The molecular weight excluding hydrogens is 440 g/mol.